The molecule has 1 saturated carbocycles. The van der Waals surface area contributed by atoms with Gasteiger partial charge in [-0.1, -0.05) is 43.1 Å². The van der Waals surface area contributed by atoms with Crippen molar-refractivity contribution in [1.82, 2.24) is 0 Å². The van der Waals surface area contributed by atoms with Crippen molar-refractivity contribution in [3.05, 3.63) is 34.1 Å². The molecule has 0 amide bonds. The summed E-state index contributed by atoms with van der Waals surface area (Å²) in [5.74, 6) is 1.55. The number of hydrogen-bond acceptors (Lipinski definition) is 1. The van der Waals surface area contributed by atoms with E-state index in [-0.39, 0.29) is 11.4 Å². The Kier molecular flexibility index (Phi) is 4.91. The van der Waals surface area contributed by atoms with E-state index >= 15 is 0 Å². The van der Waals surface area contributed by atoms with Gasteiger partial charge < -0.3 is 5.73 Å². The van der Waals surface area contributed by atoms with Crippen molar-refractivity contribution in [2.75, 3.05) is 0 Å². The van der Waals surface area contributed by atoms with E-state index in [2.05, 4.69) is 36.7 Å². The Labute approximate surface area is 130 Å². The van der Waals surface area contributed by atoms with Crippen LogP contribution in [-0.2, 0) is 6.42 Å². The van der Waals surface area contributed by atoms with E-state index < -0.39 is 0 Å². The molecule has 2 N–H and O–H groups in total. The van der Waals surface area contributed by atoms with Crippen molar-refractivity contribution in [2.24, 2.45) is 23.5 Å². The van der Waals surface area contributed by atoms with Gasteiger partial charge in [-0.3, -0.25) is 0 Å². The second-order valence-corrected chi connectivity index (χ2v) is 7.74. The first-order valence-corrected chi connectivity index (χ1v) is 8.34. The summed E-state index contributed by atoms with van der Waals surface area (Å²) >= 11 is 3.53. The van der Waals surface area contributed by atoms with Crippen molar-refractivity contribution in [1.29, 1.82) is 0 Å². The van der Waals surface area contributed by atoms with E-state index in [1.807, 2.05) is 0 Å². The van der Waals surface area contributed by atoms with Crippen LogP contribution in [0.2, 0.25) is 0 Å². The largest absolute Gasteiger partial charge is 0.325 e. The number of hydrogen-bond donors (Lipinski definition) is 1. The molecule has 0 saturated heterocycles. The quantitative estimate of drug-likeness (QED) is 0.829. The lowest BCUT2D eigenvalue weighted by molar-refractivity contribution is 0.109. The average molecular weight is 342 g/mol. The third-order valence-electron chi connectivity index (χ3n) is 4.77. The zero-order chi connectivity index (χ0) is 14.9. The highest BCUT2D eigenvalue weighted by atomic mass is 79.9. The van der Waals surface area contributed by atoms with Gasteiger partial charge in [-0.25, -0.2) is 4.39 Å². The average Bonchev–Trinajstić information content (AvgIpc) is 2.32. The van der Waals surface area contributed by atoms with Crippen LogP contribution in [0.1, 0.15) is 45.6 Å². The predicted molar refractivity (Wildman–Crippen MR) is 86.1 cm³/mol. The first-order chi connectivity index (χ1) is 9.32. The Balaban J connectivity index is 2.28. The predicted octanol–water partition coefficient (Wildman–Crippen LogP) is 4.92. The Morgan fingerprint density at radius 3 is 2.75 bits per heavy atom. The zero-order valence-electron chi connectivity index (χ0n) is 12.6. The maximum Gasteiger partial charge on any atom is 0.123 e. The van der Waals surface area contributed by atoms with E-state index in [0.29, 0.717) is 17.8 Å². The standard InChI is InChI=1S/C17H25BrFN/c1-11(2)15-6-4-12(3)9-17(15,20)10-13-8-14(19)5-7-16(13)18/h5,7-8,11-12,15H,4,6,9-10,20H2,1-3H3. The lowest BCUT2D eigenvalue weighted by Crippen LogP contribution is -2.54. The molecule has 0 radical (unpaired) electrons. The minimum Gasteiger partial charge on any atom is -0.325 e. The van der Waals surface area contributed by atoms with Crippen LogP contribution >= 0.6 is 15.9 Å². The summed E-state index contributed by atoms with van der Waals surface area (Å²) in [7, 11) is 0. The Hall–Kier alpha value is -0.410. The van der Waals surface area contributed by atoms with Crippen LogP contribution in [-0.4, -0.2) is 5.54 Å². The van der Waals surface area contributed by atoms with Crippen LogP contribution < -0.4 is 5.73 Å². The molecule has 1 aromatic carbocycles. The molecule has 3 heteroatoms. The number of rotatable bonds is 3. The van der Waals surface area contributed by atoms with Crippen LogP contribution in [0.5, 0.6) is 0 Å². The van der Waals surface area contributed by atoms with Gasteiger partial charge in [-0.05, 0) is 60.8 Å². The molecule has 0 heterocycles. The van der Waals surface area contributed by atoms with Crippen molar-refractivity contribution < 1.29 is 4.39 Å². The lowest BCUT2D eigenvalue weighted by Gasteiger charge is -2.46. The van der Waals surface area contributed by atoms with Gasteiger partial charge in [0.2, 0.25) is 0 Å². The molecule has 1 aliphatic carbocycles. The van der Waals surface area contributed by atoms with Crippen molar-refractivity contribution in [2.45, 2.75) is 52.0 Å². The minimum absolute atomic E-state index is 0.184. The third kappa shape index (κ3) is 3.43. The van der Waals surface area contributed by atoms with Gasteiger partial charge in [0.15, 0.2) is 0 Å². The highest BCUT2D eigenvalue weighted by Crippen LogP contribution is 2.42. The van der Waals surface area contributed by atoms with Gasteiger partial charge in [0.25, 0.3) is 0 Å². The van der Waals surface area contributed by atoms with Gasteiger partial charge in [0, 0.05) is 10.0 Å². The van der Waals surface area contributed by atoms with Crippen LogP contribution in [0.4, 0.5) is 4.39 Å². The molecule has 3 unspecified atom stereocenters. The van der Waals surface area contributed by atoms with E-state index in [9.17, 15) is 4.39 Å². The third-order valence-corrected chi connectivity index (χ3v) is 5.54. The van der Waals surface area contributed by atoms with Crippen LogP contribution in [0, 0.1) is 23.6 Å². The maximum atomic E-state index is 13.5. The summed E-state index contributed by atoms with van der Waals surface area (Å²) < 4.78 is 14.5. The molecule has 1 aliphatic rings. The van der Waals surface area contributed by atoms with E-state index in [0.717, 1.165) is 22.9 Å². The molecule has 20 heavy (non-hydrogen) atoms. The fourth-order valence-corrected chi connectivity index (χ4v) is 4.27. The molecule has 112 valence electrons. The topological polar surface area (TPSA) is 26.0 Å². The molecule has 0 aromatic heterocycles. The molecule has 0 aliphatic heterocycles. The molecule has 2 rings (SSSR count). The van der Waals surface area contributed by atoms with Crippen LogP contribution in [0.25, 0.3) is 0 Å². The molecule has 1 fully saturated rings. The summed E-state index contributed by atoms with van der Waals surface area (Å²) in [6.45, 7) is 6.78. The van der Waals surface area contributed by atoms with Gasteiger partial charge in [-0.15, -0.1) is 0 Å². The van der Waals surface area contributed by atoms with Gasteiger partial charge in [0.05, 0.1) is 0 Å². The van der Waals surface area contributed by atoms with Crippen LogP contribution in [0.3, 0.4) is 0 Å². The zero-order valence-corrected chi connectivity index (χ0v) is 14.2. The molecule has 1 aromatic rings. The smallest absolute Gasteiger partial charge is 0.123 e. The van der Waals surface area contributed by atoms with Gasteiger partial charge in [0.1, 0.15) is 5.82 Å². The molecule has 3 atom stereocenters. The van der Waals surface area contributed by atoms with Crippen LogP contribution in [0.15, 0.2) is 22.7 Å². The summed E-state index contributed by atoms with van der Waals surface area (Å²) in [6.07, 6.45) is 4.21. The fraction of sp³-hybridized carbons (Fsp3) is 0.647. The van der Waals surface area contributed by atoms with Crippen molar-refractivity contribution in [3.8, 4) is 0 Å². The summed E-state index contributed by atoms with van der Waals surface area (Å²) in [5.41, 5.74) is 7.58. The van der Waals surface area contributed by atoms with Crippen molar-refractivity contribution in [3.63, 3.8) is 0 Å². The second kappa shape index (κ2) is 6.15. The maximum absolute atomic E-state index is 13.5. The Morgan fingerprint density at radius 2 is 2.10 bits per heavy atom. The van der Waals surface area contributed by atoms with Gasteiger partial charge >= 0.3 is 0 Å². The molecular weight excluding hydrogens is 317 g/mol. The van der Waals surface area contributed by atoms with Gasteiger partial charge in [-0.2, -0.15) is 0 Å². The lowest BCUT2D eigenvalue weighted by atomic mass is 9.63. The number of nitrogens with two attached hydrogens (primary N) is 1. The van der Waals surface area contributed by atoms with E-state index in [1.54, 1.807) is 12.1 Å². The summed E-state index contributed by atoms with van der Waals surface area (Å²) in [4.78, 5) is 0. The Morgan fingerprint density at radius 1 is 1.40 bits per heavy atom. The summed E-state index contributed by atoms with van der Waals surface area (Å²) in [5, 5.41) is 0. The molecule has 1 nitrogen and oxygen atoms in total. The molecular formula is C17H25BrFN. The minimum atomic E-state index is -0.220. The SMILES string of the molecule is CC1CCC(C(C)C)C(N)(Cc2cc(F)ccc2Br)C1. The molecule has 0 spiro atoms. The Bertz CT molecular complexity index is 474. The van der Waals surface area contributed by atoms with E-state index in [1.165, 1.54) is 18.9 Å². The van der Waals surface area contributed by atoms with E-state index in [4.69, 9.17) is 5.73 Å². The van der Waals surface area contributed by atoms with Crippen molar-refractivity contribution >= 4 is 15.9 Å². The first kappa shape index (κ1) is 16.0. The fourth-order valence-electron chi connectivity index (χ4n) is 3.89. The highest BCUT2D eigenvalue weighted by molar-refractivity contribution is 9.10. The number of benzene rings is 1. The summed E-state index contributed by atoms with van der Waals surface area (Å²) in [6, 6.07) is 4.89. The normalized spacial score (nSPS) is 30.8. The first-order valence-electron chi connectivity index (χ1n) is 7.54. The molecule has 0 bridgehead atoms. The number of halogens is 2. The second-order valence-electron chi connectivity index (χ2n) is 6.88. The monoisotopic (exact) mass is 341 g/mol. The highest BCUT2D eigenvalue weighted by Gasteiger charge is 2.41.